The third-order valence-corrected chi connectivity index (χ3v) is 3.99. The van der Waals surface area contributed by atoms with Crippen LogP contribution in [0.5, 0.6) is 0 Å². The van der Waals surface area contributed by atoms with E-state index in [2.05, 4.69) is 70.5 Å². The molecule has 0 aliphatic heterocycles. The molecule has 0 nitrogen and oxygen atoms in total. The van der Waals surface area contributed by atoms with Gasteiger partial charge < -0.3 is 0 Å². The number of alkyl halides is 1. The van der Waals surface area contributed by atoms with E-state index in [0.29, 0.717) is 0 Å². The van der Waals surface area contributed by atoms with Crippen molar-refractivity contribution in [1.82, 2.24) is 0 Å². The molecule has 0 saturated carbocycles. The lowest BCUT2D eigenvalue weighted by Gasteiger charge is -2.10. The highest BCUT2D eigenvalue weighted by Gasteiger charge is 2.05. The standard InChI is InChI=1S/C17H15Br/c18-11-5-7-14-12-13-6-1-2-8-15(13)17-10-4-3-9-16(14)17/h1-4,6,8-10,12H,5,7,11H2. The molecule has 0 aliphatic rings. The second-order valence-corrected chi connectivity index (χ2v) is 5.39. The molecule has 0 amide bonds. The molecule has 3 rings (SSSR count). The Morgan fingerprint density at radius 2 is 1.44 bits per heavy atom. The van der Waals surface area contributed by atoms with Gasteiger partial charge in [0, 0.05) is 5.33 Å². The van der Waals surface area contributed by atoms with Crippen molar-refractivity contribution in [3.8, 4) is 0 Å². The number of benzene rings is 3. The largest absolute Gasteiger partial charge is 0.0928 e. The Bertz CT molecular complexity index is 685. The summed E-state index contributed by atoms with van der Waals surface area (Å²) in [5, 5.41) is 6.54. The molecule has 0 N–H and O–H groups in total. The Hall–Kier alpha value is -1.34. The molecule has 0 aromatic heterocycles. The molecule has 0 atom stereocenters. The second kappa shape index (κ2) is 5.11. The minimum atomic E-state index is 1.06. The average Bonchev–Trinajstić information content (AvgIpc) is 2.45. The van der Waals surface area contributed by atoms with Crippen molar-refractivity contribution in [1.29, 1.82) is 0 Å². The first kappa shape index (κ1) is 11.7. The van der Waals surface area contributed by atoms with E-state index in [9.17, 15) is 0 Å². The Morgan fingerprint density at radius 1 is 0.778 bits per heavy atom. The predicted octanol–water partition coefficient (Wildman–Crippen LogP) is 5.32. The van der Waals surface area contributed by atoms with Crippen molar-refractivity contribution >= 4 is 37.5 Å². The van der Waals surface area contributed by atoms with E-state index in [1.165, 1.54) is 33.5 Å². The summed E-state index contributed by atoms with van der Waals surface area (Å²) in [7, 11) is 0. The van der Waals surface area contributed by atoms with Crippen molar-refractivity contribution in [2.45, 2.75) is 12.8 Å². The van der Waals surface area contributed by atoms with Gasteiger partial charge in [-0.15, -0.1) is 0 Å². The first-order chi connectivity index (χ1) is 8.90. The molecule has 0 aliphatic carbocycles. The zero-order chi connectivity index (χ0) is 12.4. The van der Waals surface area contributed by atoms with Gasteiger partial charge in [-0.05, 0) is 39.9 Å². The molecule has 18 heavy (non-hydrogen) atoms. The van der Waals surface area contributed by atoms with Gasteiger partial charge in [0.25, 0.3) is 0 Å². The number of rotatable bonds is 3. The first-order valence-corrected chi connectivity index (χ1v) is 7.47. The molecule has 3 aromatic rings. The zero-order valence-corrected chi connectivity index (χ0v) is 11.8. The van der Waals surface area contributed by atoms with Crippen LogP contribution in [0.1, 0.15) is 12.0 Å². The molecular weight excluding hydrogens is 284 g/mol. The van der Waals surface area contributed by atoms with E-state index in [0.717, 1.165) is 11.8 Å². The Labute approximate surface area is 116 Å². The van der Waals surface area contributed by atoms with Gasteiger partial charge in [0.1, 0.15) is 0 Å². The summed E-state index contributed by atoms with van der Waals surface area (Å²) in [6.45, 7) is 0. The maximum absolute atomic E-state index is 3.52. The summed E-state index contributed by atoms with van der Waals surface area (Å²) < 4.78 is 0. The lowest BCUT2D eigenvalue weighted by molar-refractivity contribution is 0.949. The van der Waals surface area contributed by atoms with Crippen LogP contribution in [0.15, 0.2) is 54.6 Å². The van der Waals surface area contributed by atoms with E-state index in [1.807, 2.05) is 0 Å². The van der Waals surface area contributed by atoms with Gasteiger partial charge in [-0.1, -0.05) is 70.5 Å². The third kappa shape index (κ3) is 2.04. The van der Waals surface area contributed by atoms with Crippen LogP contribution < -0.4 is 0 Å². The fourth-order valence-electron chi connectivity index (χ4n) is 2.60. The van der Waals surface area contributed by atoms with Crippen LogP contribution in [0.3, 0.4) is 0 Å². The molecule has 1 heteroatoms. The van der Waals surface area contributed by atoms with Crippen LogP contribution in [-0.2, 0) is 6.42 Å². The Kier molecular flexibility index (Phi) is 3.33. The van der Waals surface area contributed by atoms with Crippen molar-refractivity contribution < 1.29 is 0 Å². The molecule has 0 heterocycles. The number of hydrogen-bond acceptors (Lipinski definition) is 0. The van der Waals surface area contributed by atoms with E-state index in [-0.39, 0.29) is 0 Å². The lowest BCUT2D eigenvalue weighted by Crippen LogP contribution is -1.90. The van der Waals surface area contributed by atoms with Crippen LogP contribution in [0.4, 0.5) is 0 Å². The monoisotopic (exact) mass is 298 g/mol. The summed E-state index contributed by atoms with van der Waals surface area (Å²) in [5.74, 6) is 0. The van der Waals surface area contributed by atoms with Gasteiger partial charge in [-0.3, -0.25) is 0 Å². The maximum Gasteiger partial charge on any atom is 0.00344 e. The van der Waals surface area contributed by atoms with E-state index in [1.54, 1.807) is 0 Å². The molecule has 0 unspecified atom stereocenters. The van der Waals surface area contributed by atoms with Crippen LogP contribution in [-0.4, -0.2) is 5.33 Å². The smallest absolute Gasteiger partial charge is 0.00344 e. The van der Waals surface area contributed by atoms with Gasteiger partial charge in [0.05, 0.1) is 0 Å². The van der Waals surface area contributed by atoms with Crippen LogP contribution >= 0.6 is 15.9 Å². The molecular formula is C17H15Br. The second-order valence-electron chi connectivity index (χ2n) is 4.59. The summed E-state index contributed by atoms with van der Waals surface area (Å²) >= 11 is 3.52. The quantitative estimate of drug-likeness (QED) is 0.453. The van der Waals surface area contributed by atoms with Crippen LogP contribution in [0.25, 0.3) is 21.5 Å². The van der Waals surface area contributed by atoms with Gasteiger partial charge >= 0.3 is 0 Å². The molecule has 0 fully saturated rings. The number of fused-ring (bicyclic) bond motifs is 3. The topological polar surface area (TPSA) is 0 Å². The summed E-state index contributed by atoms with van der Waals surface area (Å²) in [5.41, 5.74) is 1.46. The first-order valence-electron chi connectivity index (χ1n) is 6.35. The van der Waals surface area contributed by atoms with E-state index >= 15 is 0 Å². The fraction of sp³-hybridized carbons (Fsp3) is 0.176. The highest BCUT2D eigenvalue weighted by atomic mass is 79.9. The predicted molar refractivity (Wildman–Crippen MR) is 83.6 cm³/mol. The molecule has 0 saturated heterocycles. The average molecular weight is 299 g/mol. The summed E-state index contributed by atoms with van der Waals surface area (Å²) in [4.78, 5) is 0. The lowest BCUT2D eigenvalue weighted by atomic mass is 9.95. The van der Waals surface area contributed by atoms with Crippen molar-refractivity contribution in [3.05, 3.63) is 60.2 Å². The van der Waals surface area contributed by atoms with Crippen LogP contribution in [0, 0.1) is 0 Å². The van der Waals surface area contributed by atoms with Crippen molar-refractivity contribution in [2.75, 3.05) is 5.33 Å². The number of hydrogen-bond donors (Lipinski definition) is 0. The third-order valence-electron chi connectivity index (χ3n) is 3.43. The van der Waals surface area contributed by atoms with Crippen molar-refractivity contribution in [3.63, 3.8) is 0 Å². The summed E-state index contributed by atoms with van der Waals surface area (Å²) in [6.07, 6.45) is 2.32. The highest BCUT2D eigenvalue weighted by molar-refractivity contribution is 9.09. The van der Waals surface area contributed by atoms with Gasteiger partial charge in [-0.25, -0.2) is 0 Å². The fourth-order valence-corrected chi connectivity index (χ4v) is 2.88. The Morgan fingerprint density at radius 3 is 2.22 bits per heavy atom. The van der Waals surface area contributed by atoms with E-state index < -0.39 is 0 Å². The minimum absolute atomic E-state index is 1.06. The van der Waals surface area contributed by atoms with Crippen LogP contribution in [0.2, 0.25) is 0 Å². The molecule has 0 bridgehead atoms. The number of halogens is 1. The highest BCUT2D eigenvalue weighted by Crippen LogP contribution is 2.29. The van der Waals surface area contributed by atoms with Gasteiger partial charge in [0.15, 0.2) is 0 Å². The molecule has 0 spiro atoms. The molecule has 90 valence electrons. The molecule has 3 aromatic carbocycles. The van der Waals surface area contributed by atoms with Crippen molar-refractivity contribution in [2.24, 2.45) is 0 Å². The maximum atomic E-state index is 3.52. The Balaban J connectivity index is 2.32. The molecule has 0 radical (unpaired) electrons. The summed E-state index contributed by atoms with van der Waals surface area (Å²) in [6, 6.07) is 19.7. The van der Waals surface area contributed by atoms with Gasteiger partial charge in [-0.2, -0.15) is 0 Å². The SMILES string of the molecule is BrCCCc1cc2ccccc2c2ccccc12. The van der Waals surface area contributed by atoms with Gasteiger partial charge in [0.2, 0.25) is 0 Å². The normalized spacial score (nSPS) is 11.2. The minimum Gasteiger partial charge on any atom is -0.0928 e. The van der Waals surface area contributed by atoms with E-state index in [4.69, 9.17) is 0 Å². The zero-order valence-electron chi connectivity index (χ0n) is 10.2. The number of aryl methyl sites for hydroxylation is 1.